The van der Waals surface area contributed by atoms with Crippen LogP contribution < -0.4 is 0 Å². The van der Waals surface area contributed by atoms with Crippen molar-refractivity contribution in [3.63, 3.8) is 0 Å². The minimum Gasteiger partial charge on any atom is -0.300 e. The highest BCUT2D eigenvalue weighted by atomic mass is 16.1. The number of rotatable bonds is 2. The second kappa shape index (κ2) is 15.3. The van der Waals surface area contributed by atoms with Gasteiger partial charge in [0.2, 0.25) is 0 Å². The van der Waals surface area contributed by atoms with E-state index >= 15 is 0 Å². The van der Waals surface area contributed by atoms with Crippen LogP contribution in [0, 0.1) is 59.2 Å². The average molecular weight is 461 g/mol. The number of ketones is 1. The summed E-state index contributed by atoms with van der Waals surface area (Å²) in [7, 11) is 0. The highest BCUT2D eigenvalue weighted by Gasteiger charge is 2.60. The molecule has 4 saturated carbocycles. The number of terminal acetylenes is 1. The fourth-order valence-electron chi connectivity index (χ4n) is 8.31. The molecule has 8 atom stereocenters. The number of Topliss-reactive ketones (excluding diaryl/α,β-unsaturated/α-hetero) is 1. The molecule has 4 aliphatic carbocycles. The van der Waals surface area contributed by atoms with Crippen LogP contribution in [0.2, 0.25) is 0 Å². The first-order chi connectivity index (χ1) is 15.8. The number of carbonyl (C=O) groups is 1. The van der Waals surface area contributed by atoms with Crippen molar-refractivity contribution in [1.29, 1.82) is 0 Å². The zero-order valence-electron chi connectivity index (χ0n) is 24.3. The summed E-state index contributed by atoms with van der Waals surface area (Å²) in [5.41, 5.74) is 1.09. The van der Waals surface area contributed by atoms with Crippen LogP contribution in [-0.4, -0.2) is 5.78 Å². The highest BCUT2D eigenvalue weighted by molar-refractivity contribution is 5.79. The highest BCUT2D eigenvalue weighted by Crippen LogP contribution is 2.68. The fraction of sp³-hybridized carbons (Fsp3) is 0.906. The van der Waals surface area contributed by atoms with Crippen molar-refractivity contribution >= 4 is 5.78 Å². The summed E-state index contributed by atoms with van der Waals surface area (Å²) in [4.78, 5) is 12.0. The van der Waals surface area contributed by atoms with Crippen LogP contribution in [0.15, 0.2) is 0 Å². The minimum atomic E-state index is 0.479. The average Bonchev–Trinajstić information content (AvgIpc) is 3.20. The summed E-state index contributed by atoms with van der Waals surface area (Å²) in [6, 6.07) is 0. The Morgan fingerprint density at radius 3 is 1.94 bits per heavy atom. The molecule has 4 rings (SSSR count). The number of fused-ring (bicyclic) bond motifs is 5. The number of hydrogen-bond donors (Lipinski definition) is 0. The van der Waals surface area contributed by atoms with Crippen molar-refractivity contribution in [1.82, 2.24) is 0 Å². The van der Waals surface area contributed by atoms with E-state index in [1.54, 1.807) is 0 Å². The predicted molar refractivity (Wildman–Crippen MR) is 148 cm³/mol. The smallest absolute Gasteiger partial charge is 0.133 e. The molecule has 4 fully saturated rings. The van der Waals surface area contributed by atoms with Crippen molar-refractivity contribution < 1.29 is 4.79 Å². The van der Waals surface area contributed by atoms with Crippen molar-refractivity contribution in [2.24, 2.45) is 46.3 Å². The summed E-state index contributed by atoms with van der Waals surface area (Å²) in [6.07, 6.45) is 22.2. The molecular weight excluding hydrogens is 400 g/mol. The van der Waals surface area contributed by atoms with Crippen LogP contribution in [0.4, 0.5) is 0 Å². The van der Waals surface area contributed by atoms with E-state index in [0.717, 1.165) is 42.4 Å². The molecule has 1 nitrogen and oxygen atoms in total. The Hall–Kier alpha value is -0.770. The molecule has 33 heavy (non-hydrogen) atoms. The topological polar surface area (TPSA) is 17.1 Å². The Bertz CT molecular complexity index is 562. The van der Waals surface area contributed by atoms with Crippen LogP contribution in [-0.2, 0) is 4.79 Å². The molecule has 0 saturated heterocycles. The molecule has 1 heteroatoms. The lowest BCUT2D eigenvalue weighted by Crippen LogP contribution is -2.53. The van der Waals surface area contributed by atoms with Crippen molar-refractivity contribution in [2.45, 2.75) is 140 Å². The van der Waals surface area contributed by atoms with Gasteiger partial charge in [-0.3, -0.25) is 4.79 Å². The minimum absolute atomic E-state index is 0.479. The monoisotopic (exact) mass is 460 g/mol. The van der Waals surface area contributed by atoms with Crippen molar-refractivity contribution in [3.05, 3.63) is 0 Å². The normalized spacial score (nSPS) is 39.0. The summed E-state index contributed by atoms with van der Waals surface area (Å²) in [5, 5.41) is 0. The molecule has 0 radical (unpaired) electrons. The molecule has 0 heterocycles. The van der Waals surface area contributed by atoms with Crippen molar-refractivity contribution in [3.8, 4) is 12.8 Å². The molecule has 4 aliphatic rings. The SMILES string of the molecule is C#C.CC.CC.CCC.CCC(C)C1CCC2C3CCC4CC(=O)CCC4(C)C3CCC12C. The van der Waals surface area contributed by atoms with Crippen LogP contribution >= 0.6 is 0 Å². The summed E-state index contributed by atoms with van der Waals surface area (Å²) >= 11 is 0. The molecule has 0 bridgehead atoms. The van der Waals surface area contributed by atoms with E-state index in [1.165, 1.54) is 57.8 Å². The summed E-state index contributed by atoms with van der Waals surface area (Å²) in [6.45, 7) is 22.4. The van der Waals surface area contributed by atoms with Gasteiger partial charge in [-0.25, -0.2) is 0 Å². The van der Waals surface area contributed by atoms with Gasteiger partial charge in [-0.15, -0.1) is 12.8 Å². The van der Waals surface area contributed by atoms with E-state index in [2.05, 4.69) is 54.4 Å². The first kappa shape index (κ1) is 32.2. The molecule has 194 valence electrons. The second-order valence-corrected chi connectivity index (χ2v) is 11.2. The number of carbonyl (C=O) groups excluding carboxylic acids is 1. The van der Waals surface area contributed by atoms with Gasteiger partial charge in [0.1, 0.15) is 5.78 Å². The Labute approximate surface area is 209 Å². The summed E-state index contributed by atoms with van der Waals surface area (Å²) < 4.78 is 0. The van der Waals surface area contributed by atoms with E-state index in [4.69, 9.17) is 0 Å². The molecule has 0 aromatic heterocycles. The molecular formula is C32H60O. The van der Waals surface area contributed by atoms with E-state index in [0.29, 0.717) is 22.5 Å². The molecule has 0 aromatic rings. The Kier molecular flexibility index (Phi) is 14.9. The van der Waals surface area contributed by atoms with Crippen molar-refractivity contribution in [2.75, 3.05) is 0 Å². The lowest BCUT2D eigenvalue weighted by Gasteiger charge is -2.60. The first-order valence-corrected chi connectivity index (χ1v) is 14.7. The lowest BCUT2D eigenvalue weighted by molar-refractivity contribution is -0.140. The standard InChI is InChI=1S/C23H38O.C3H8.2C2H6.C2H2/c1-5-15(2)19-8-9-20-18-7-6-16-14-17(24)10-12-22(16,3)21(18)11-13-23(19,20)4;1-3-2;3*1-2/h15-16,18-21H,5-14H2,1-4H3;3H2,1-2H3;2*1-2H3;1-2H. The maximum atomic E-state index is 12.0. The van der Waals surface area contributed by atoms with E-state index in [9.17, 15) is 4.79 Å². The van der Waals surface area contributed by atoms with Gasteiger partial charge in [-0.1, -0.05) is 82.1 Å². The van der Waals surface area contributed by atoms with Gasteiger partial charge in [-0.05, 0) is 91.3 Å². The van der Waals surface area contributed by atoms with Crippen LogP contribution in [0.1, 0.15) is 140 Å². The van der Waals surface area contributed by atoms with E-state index < -0.39 is 0 Å². The van der Waals surface area contributed by atoms with Gasteiger partial charge < -0.3 is 0 Å². The largest absolute Gasteiger partial charge is 0.300 e. The zero-order chi connectivity index (χ0) is 25.8. The van der Waals surface area contributed by atoms with Crippen LogP contribution in [0.25, 0.3) is 0 Å². The van der Waals surface area contributed by atoms with Crippen LogP contribution in [0.3, 0.4) is 0 Å². The van der Waals surface area contributed by atoms with Crippen LogP contribution in [0.5, 0.6) is 0 Å². The first-order valence-electron chi connectivity index (χ1n) is 14.7. The Balaban J connectivity index is 0.00000101. The molecule has 0 aromatic carbocycles. The molecule has 0 aliphatic heterocycles. The van der Waals surface area contributed by atoms with E-state index in [1.807, 2.05) is 27.7 Å². The van der Waals surface area contributed by atoms with Gasteiger partial charge in [0, 0.05) is 12.8 Å². The van der Waals surface area contributed by atoms with Gasteiger partial charge in [-0.2, -0.15) is 0 Å². The third-order valence-corrected chi connectivity index (χ3v) is 9.89. The fourth-order valence-corrected chi connectivity index (χ4v) is 8.31. The molecule has 0 N–H and O–H groups in total. The maximum absolute atomic E-state index is 12.0. The van der Waals surface area contributed by atoms with Gasteiger partial charge >= 0.3 is 0 Å². The van der Waals surface area contributed by atoms with Gasteiger partial charge in [0.25, 0.3) is 0 Å². The molecule has 8 unspecified atom stereocenters. The van der Waals surface area contributed by atoms with Gasteiger partial charge in [0.15, 0.2) is 0 Å². The molecule has 0 amide bonds. The maximum Gasteiger partial charge on any atom is 0.133 e. The quantitative estimate of drug-likeness (QED) is 0.375. The van der Waals surface area contributed by atoms with E-state index in [-0.39, 0.29) is 0 Å². The third-order valence-electron chi connectivity index (χ3n) is 9.89. The second-order valence-electron chi connectivity index (χ2n) is 11.2. The molecule has 0 spiro atoms. The third kappa shape index (κ3) is 6.67. The Morgan fingerprint density at radius 2 is 1.39 bits per heavy atom. The summed E-state index contributed by atoms with van der Waals surface area (Å²) in [5.74, 6) is 5.98. The predicted octanol–water partition coefficient (Wildman–Crippen LogP) is 9.98. The lowest BCUT2D eigenvalue weighted by atomic mass is 9.44. The zero-order valence-corrected chi connectivity index (χ0v) is 24.3. The Morgan fingerprint density at radius 1 is 0.848 bits per heavy atom. The van der Waals surface area contributed by atoms with Gasteiger partial charge in [0.05, 0.1) is 0 Å². The number of hydrogen-bond acceptors (Lipinski definition) is 1.